The molecular weight excluding hydrogens is 670 g/mol. The van der Waals surface area contributed by atoms with Gasteiger partial charge in [0.05, 0.1) is 36.7 Å². The molecule has 8 nitrogen and oxygen atoms in total. The maximum Gasteiger partial charge on any atom is 0.198 e. The minimum absolute atomic E-state index is 0.207. The fraction of sp³-hybridized carbons (Fsp3) is 0.235. The largest absolute Gasteiger partial charge is 0.493 e. The monoisotopic (exact) mass is 698 g/mol. The number of methoxy groups -OCH3 is 1. The summed E-state index contributed by atoms with van der Waals surface area (Å²) < 4.78 is 17.4. The zero-order chi connectivity index (χ0) is 32.4. The van der Waals surface area contributed by atoms with Crippen molar-refractivity contribution in [3.8, 4) is 11.5 Å². The lowest BCUT2D eigenvalue weighted by Crippen LogP contribution is -2.38. The van der Waals surface area contributed by atoms with Crippen LogP contribution in [0.15, 0.2) is 84.0 Å². The number of rotatable bonds is 9. The minimum atomic E-state index is -0.584. The molecule has 0 spiro atoms. The Morgan fingerprint density at radius 1 is 0.848 bits per heavy atom. The van der Waals surface area contributed by atoms with Crippen LogP contribution >= 0.6 is 46.4 Å². The molecule has 1 atom stereocenters. The molecule has 238 valence electrons. The standard InChI is InChI=1S/C34H30Cl4N4O4/c1-21(43)33-39-42(26-8-6-24(35)7-9-26)34(41(33)27-10-11-30(29(38)19-27)40-13-15-45-16-14-40)22-4-12-31(32(17-22)44-2)46-20-23-3-5-25(36)18-28(23)37/h3-12,17-19,34H,13-16,20H2,1-2H3/t34-/m1/s1. The average Bonchev–Trinajstić information content (AvgIpc) is 3.46. The summed E-state index contributed by atoms with van der Waals surface area (Å²) in [5, 5.41) is 8.83. The highest BCUT2D eigenvalue weighted by Crippen LogP contribution is 2.43. The van der Waals surface area contributed by atoms with Crippen LogP contribution in [0.5, 0.6) is 11.5 Å². The van der Waals surface area contributed by atoms with Gasteiger partial charge >= 0.3 is 0 Å². The summed E-state index contributed by atoms with van der Waals surface area (Å²) in [5.41, 5.74) is 3.92. The first-order valence-corrected chi connectivity index (χ1v) is 16.0. The lowest BCUT2D eigenvalue weighted by atomic mass is 10.1. The topological polar surface area (TPSA) is 66.8 Å². The summed E-state index contributed by atoms with van der Waals surface area (Å²) in [7, 11) is 1.58. The van der Waals surface area contributed by atoms with Crippen LogP contribution in [0, 0.1) is 0 Å². The van der Waals surface area contributed by atoms with Gasteiger partial charge in [0.15, 0.2) is 29.3 Å². The third-order valence-corrected chi connectivity index (χ3v) is 8.90. The lowest BCUT2D eigenvalue weighted by molar-refractivity contribution is -0.111. The Hall–Kier alpha value is -3.66. The molecule has 2 aliphatic rings. The fourth-order valence-corrected chi connectivity index (χ4v) is 6.36. The highest BCUT2D eigenvalue weighted by Gasteiger charge is 2.40. The van der Waals surface area contributed by atoms with Crippen LogP contribution in [0.3, 0.4) is 0 Å². The first-order valence-electron chi connectivity index (χ1n) is 14.5. The van der Waals surface area contributed by atoms with E-state index in [1.54, 1.807) is 36.4 Å². The van der Waals surface area contributed by atoms with Gasteiger partial charge in [0, 0.05) is 51.9 Å². The van der Waals surface area contributed by atoms with Gasteiger partial charge < -0.3 is 19.1 Å². The summed E-state index contributed by atoms with van der Waals surface area (Å²) in [4.78, 5) is 17.2. The van der Waals surface area contributed by atoms with Crippen molar-refractivity contribution < 1.29 is 19.0 Å². The third-order valence-electron chi connectivity index (χ3n) is 7.76. The number of Topliss-reactive ketones (excluding diaryl/α,β-unsaturated/α-hetero) is 1. The van der Waals surface area contributed by atoms with Crippen LogP contribution in [0.25, 0.3) is 0 Å². The quantitative estimate of drug-likeness (QED) is 0.173. The molecule has 0 bridgehead atoms. The second kappa shape index (κ2) is 14.0. The zero-order valence-corrected chi connectivity index (χ0v) is 28.1. The van der Waals surface area contributed by atoms with Gasteiger partial charge in [0.25, 0.3) is 0 Å². The molecule has 6 rings (SSSR count). The zero-order valence-electron chi connectivity index (χ0n) is 25.1. The number of benzene rings is 4. The Kier molecular flexibility index (Phi) is 9.82. The molecule has 4 aromatic rings. The predicted molar refractivity (Wildman–Crippen MR) is 186 cm³/mol. The van der Waals surface area contributed by atoms with Crippen molar-refractivity contribution in [1.29, 1.82) is 0 Å². The van der Waals surface area contributed by atoms with Gasteiger partial charge in [-0.2, -0.15) is 0 Å². The summed E-state index contributed by atoms with van der Waals surface area (Å²) in [6, 6.07) is 24.0. The third kappa shape index (κ3) is 6.73. The molecule has 0 N–H and O–H groups in total. The van der Waals surface area contributed by atoms with Gasteiger partial charge in [-0.05, 0) is 66.7 Å². The molecule has 4 aromatic carbocycles. The molecular formula is C34H30Cl4N4O4. The second-order valence-electron chi connectivity index (χ2n) is 10.7. The number of anilines is 3. The Bertz CT molecular complexity index is 1780. The molecule has 0 aromatic heterocycles. The van der Waals surface area contributed by atoms with Gasteiger partial charge in [0.2, 0.25) is 0 Å². The number of carbonyl (C=O) groups excluding carboxylic acids is 1. The lowest BCUT2D eigenvalue weighted by Gasteiger charge is -2.33. The number of amidine groups is 1. The molecule has 46 heavy (non-hydrogen) atoms. The minimum Gasteiger partial charge on any atom is -0.493 e. The van der Waals surface area contributed by atoms with E-state index >= 15 is 0 Å². The molecule has 1 saturated heterocycles. The second-order valence-corrected chi connectivity index (χ2v) is 12.4. The van der Waals surface area contributed by atoms with E-state index in [0.29, 0.717) is 50.5 Å². The Labute approximate surface area is 287 Å². The van der Waals surface area contributed by atoms with Crippen molar-refractivity contribution in [3.05, 3.63) is 110 Å². The highest BCUT2D eigenvalue weighted by molar-refractivity contribution is 6.44. The van der Waals surface area contributed by atoms with Crippen LogP contribution < -0.4 is 24.3 Å². The van der Waals surface area contributed by atoms with E-state index in [2.05, 4.69) is 4.90 Å². The molecule has 2 aliphatic heterocycles. The number of ketones is 1. The van der Waals surface area contributed by atoms with E-state index < -0.39 is 6.17 Å². The van der Waals surface area contributed by atoms with Crippen molar-refractivity contribution in [1.82, 2.24) is 0 Å². The number of carbonyl (C=O) groups is 1. The summed E-state index contributed by atoms with van der Waals surface area (Å²) >= 11 is 25.5. The molecule has 2 heterocycles. The van der Waals surface area contributed by atoms with Crippen molar-refractivity contribution in [2.45, 2.75) is 19.7 Å². The van der Waals surface area contributed by atoms with Crippen LogP contribution in [0.2, 0.25) is 20.1 Å². The van der Waals surface area contributed by atoms with Gasteiger partial charge in [-0.1, -0.05) is 58.5 Å². The molecule has 0 amide bonds. The Morgan fingerprint density at radius 2 is 1.57 bits per heavy atom. The normalized spacial score (nSPS) is 16.4. The number of hydrogen-bond donors (Lipinski definition) is 0. The average molecular weight is 700 g/mol. The first-order chi connectivity index (χ1) is 22.2. The maximum atomic E-state index is 13.1. The first kappa shape index (κ1) is 32.3. The molecule has 0 radical (unpaired) electrons. The summed E-state index contributed by atoms with van der Waals surface area (Å²) in [6.07, 6.45) is -0.584. The number of ether oxygens (including phenoxy) is 3. The van der Waals surface area contributed by atoms with Gasteiger partial charge in [-0.25, -0.2) is 5.01 Å². The van der Waals surface area contributed by atoms with E-state index in [0.717, 1.165) is 35.6 Å². The maximum absolute atomic E-state index is 13.1. The van der Waals surface area contributed by atoms with Crippen molar-refractivity contribution in [2.75, 3.05) is 48.2 Å². The Balaban J connectivity index is 1.40. The summed E-state index contributed by atoms with van der Waals surface area (Å²) in [5.74, 6) is 1.06. The van der Waals surface area contributed by atoms with Gasteiger partial charge in [-0.15, -0.1) is 5.10 Å². The van der Waals surface area contributed by atoms with Crippen LogP contribution in [-0.4, -0.2) is 45.0 Å². The van der Waals surface area contributed by atoms with Gasteiger partial charge in [-0.3, -0.25) is 9.69 Å². The number of nitrogens with zero attached hydrogens (tertiary/aromatic N) is 4. The molecule has 0 unspecified atom stereocenters. The van der Waals surface area contributed by atoms with Crippen LogP contribution in [0.4, 0.5) is 17.1 Å². The molecule has 12 heteroatoms. The van der Waals surface area contributed by atoms with E-state index in [-0.39, 0.29) is 18.2 Å². The van der Waals surface area contributed by atoms with E-state index in [4.69, 9.17) is 65.7 Å². The number of halogens is 4. The van der Waals surface area contributed by atoms with Crippen molar-refractivity contribution in [3.63, 3.8) is 0 Å². The van der Waals surface area contributed by atoms with Crippen molar-refractivity contribution in [2.24, 2.45) is 5.10 Å². The predicted octanol–water partition coefficient (Wildman–Crippen LogP) is 8.65. The van der Waals surface area contributed by atoms with E-state index in [9.17, 15) is 4.79 Å². The Morgan fingerprint density at radius 3 is 2.24 bits per heavy atom. The van der Waals surface area contributed by atoms with Crippen LogP contribution in [0.1, 0.15) is 24.2 Å². The molecule has 0 saturated carbocycles. The van der Waals surface area contributed by atoms with Crippen LogP contribution in [-0.2, 0) is 16.1 Å². The smallest absolute Gasteiger partial charge is 0.198 e. The fourth-order valence-electron chi connectivity index (χ4n) is 5.48. The van der Waals surface area contributed by atoms with Crippen molar-refractivity contribution >= 4 is 75.1 Å². The summed E-state index contributed by atoms with van der Waals surface area (Å²) in [6.45, 7) is 4.47. The number of hydrogen-bond acceptors (Lipinski definition) is 8. The van der Waals surface area contributed by atoms with E-state index in [1.165, 1.54) is 6.92 Å². The number of hydrazone groups is 1. The molecule has 0 aliphatic carbocycles. The number of morpholine rings is 1. The molecule has 1 fully saturated rings. The van der Waals surface area contributed by atoms with E-state index in [1.807, 2.05) is 59.5 Å². The van der Waals surface area contributed by atoms with Gasteiger partial charge in [0.1, 0.15) is 6.61 Å². The highest BCUT2D eigenvalue weighted by atomic mass is 35.5. The SMILES string of the molecule is COc1cc([C@H]2N(c3ccc(Cl)cc3)N=C(C(C)=O)N2c2ccc(N3CCOCC3)c(Cl)c2)ccc1OCc1ccc(Cl)cc1Cl.